The van der Waals surface area contributed by atoms with E-state index in [0.717, 1.165) is 5.56 Å². The molecule has 20 heavy (non-hydrogen) atoms. The van der Waals surface area contributed by atoms with Gasteiger partial charge in [-0.2, -0.15) is 0 Å². The molecule has 1 atom stereocenters. The zero-order chi connectivity index (χ0) is 14.8. The molecule has 0 amide bonds. The summed E-state index contributed by atoms with van der Waals surface area (Å²) in [6, 6.07) is 6.42. The number of hydrogen-bond donors (Lipinski definition) is 0. The maximum atomic E-state index is 13.3. The normalized spacial score (nSPS) is 24.9. The summed E-state index contributed by atoms with van der Waals surface area (Å²) in [5.74, 6) is 0.106. The van der Waals surface area contributed by atoms with E-state index in [2.05, 4.69) is 11.5 Å². The first-order valence-electron chi connectivity index (χ1n) is 6.65. The fourth-order valence-electron chi connectivity index (χ4n) is 2.73. The van der Waals surface area contributed by atoms with Crippen LogP contribution in [0.2, 0.25) is 0 Å². The predicted octanol–water partition coefficient (Wildman–Crippen LogP) is 2.39. The van der Waals surface area contributed by atoms with Gasteiger partial charge in [-0.15, -0.1) is 6.58 Å². The van der Waals surface area contributed by atoms with Crippen molar-refractivity contribution in [1.82, 2.24) is 4.90 Å². The van der Waals surface area contributed by atoms with Gasteiger partial charge in [-0.1, -0.05) is 18.2 Å². The number of hydrogen-bond acceptors (Lipinski definition) is 3. The Morgan fingerprint density at radius 2 is 2.25 bits per heavy atom. The molecule has 1 aliphatic heterocycles. The second kappa shape index (κ2) is 5.66. The van der Waals surface area contributed by atoms with Crippen LogP contribution in [0.1, 0.15) is 18.9 Å². The molecule has 1 aromatic carbocycles. The summed E-state index contributed by atoms with van der Waals surface area (Å²) in [5, 5.41) is 0. The molecule has 0 aromatic heterocycles. The minimum absolute atomic E-state index is 0.156. The number of rotatable bonds is 5. The van der Waals surface area contributed by atoms with Crippen LogP contribution in [0.25, 0.3) is 0 Å². The third kappa shape index (κ3) is 3.46. The molecule has 1 aliphatic rings. The highest BCUT2D eigenvalue weighted by atomic mass is 32.2. The summed E-state index contributed by atoms with van der Waals surface area (Å²) < 4.78 is 36.8. The summed E-state index contributed by atoms with van der Waals surface area (Å²) in [7, 11) is -2.97. The Bertz CT molecular complexity index is 600. The first-order chi connectivity index (χ1) is 9.35. The fraction of sp³-hybridized carbons (Fsp3) is 0.467. The second-order valence-corrected chi connectivity index (χ2v) is 7.82. The van der Waals surface area contributed by atoms with Crippen LogP contribution in [0.15, 0.2) is 36.9 Å². The van der Waals surface area contributed by atoms with Gasteiger partial charge in [-0.05, 0) is 31.0 Å². The monoisotopic (exact) mass is 297 g/mol. The molecule has 110 valence electrons. The lowest BCUT2D eigenvalue weighted by Gasteiger charge is -2.37. The van der Waals surface area contributed by atoms with Crippen LogP contribution < -0.4 is 0 Å². The lowest BCUT2D eigenvalue weighted by Crippen LogP contribution is -2.47. The highest BCUT2D eigenvalue weighted by Crippen LogP contribution is 2.30. The van der Waals surface area contributed by atoms with E-state index in [1.54, 1.807) is 12.1 Å². The average molecular weight is 297 g/mol. The van der Waals surface area contributed by atoms with Crippen LogP contribution in [0.5, 0.6) is 0 Å². The molecule has 1 heterocycles. The Balaban J connectivity index is 2.21. The zero-order valence-corrected chi connectivity index (χ0v) is 12.5. The van der Waals surface area contributed by atoms with Gasteiger partial charge in [-0.25, -0.2) is 12.8 Å². The summed E-state index contributed by atoms with van der Waals surface area (Å²) in [5.41, 5.74) is 0.441. The zero-order valence-electron chi connectivity index (χ0n) is 11.7. The smallest absolute Gasteiger partial charge is 0.152 e. The first-order valence-corrected chi connectivity index (χ1v) is 8.48. The lowest BCUT2D eigenvalue weighted by atomic mass is 9.98. The summed E-state index contributed by atoms with van der Waals surface area (Å²) >= 11 is 0. The molecule has 3 nitrogen and oxygen atoms in total. The fourth-order valence-corrected chi connectivity index (χ4v) is 4.90. The van der Waals surface area contributed by atoms with Crippen LogP contribution in [0, 0.1) is 5.82 Å². The van der Waals surface area contributed by atoms with Gasteiger partial charge in [0.05, 0.1) is 11.5 Å². The van der Waals surface area contributed by atoms with Crippen molar-refractivity contribution in [1.29, 1.82) is 0 Å². The number of benzene rings is 1. The Morgan fingerprint density at radius 3 is 2.80 bits per heavy atom. The third-order valence-electron chi connectivity index (χ3n) is 3.86. The van der Waals surface area contributed by atoms with Crippen molar-refractivity contribution in [3.63, 3.8) is 0 Å². The summed E-state index contributed by atoms with van der Waals surface area (Å²) in [4.78, 5) is 2.07. The SMILES string of the molecule is C=CCN(Cc1cccc(F)c1)[C@]1(C)CCS(=O)(=O)C1. The molecule has 1 fully saturated rings. The van der Waals surface area contributed by atoms with E-state index in [9.17, 15) is 12.8 Å². The summed E-state index contributed by atoms with van der Waals surface area (Å²) in [6.45, 7) is 6.80. The topological polar surface area (TPSA) is 37.4 Å². The van der Waals surface area contributed by atoms with Crippen molar-refractivity contribution in [2.24, 2.45) is 0 Å². The second-order valence-electron chi connectivity index (χ2n) is 5.64. The first kappa shape index (κ1) is 15.2. The molecule has 2 rings (SSSR count). The predicted molar refractivity (Wildman–Crippen MR) is 78.7 cm³/mol. The number of nitrogens with zero attached hydrogens (tertiary/aromatic N) is 1. The molecule has 0 N–H and O–H groups in total. The van der Waals surface area contributed by atoms with Crippen LogP contribution >= 0.6 is 0 Å². The largest absolute Gasteiger partial charge is 0.289 e. The van der Waals surface area contributed by atoms with Gasteiger partial charge in [0.25, 0.3) is 0 Å². The van der Waals surface area contributed by atoms with Crippen LogP contribution in [0.3, 0.4) is 0 Å². The van der Waals surface area contributed by atoms with Crippen molar-refractivity contribution < 1.29 is 12.8 Å². The molecule has 5 heteroatoms. The van der Waals surface area contributed by atoms with Gasteiger partial charge < -0.3 is 0 Å². The van der Waals surface area contributed by atoms with E-state index in [4.69, 9.17) is 0 Å². The molecule has 1 aromatic rings. The Kier molecular flexibility index (Phi) is 4.30. The Morgan fingerprint density at radius 1 is 1.50 bits per heavy atom. The van der Waals surface area contributed by atoms with E-state index in [1.165, 1.54) is 12.1 Å². The molecule has 0 saturated carbocycles. The van der Waals surface area contributed by atoms with Crippen LogP contribution in [0.4, 0.5) is 4.39 Å². The van der Waals surface area contributed by atoms with Crippen molar-refractivity contribution >= 4 is 9.84 Å². The molecular formula is C15H20FNO2S. The minimum atomic E-state index is -2.97. The molecule has 0 unspecified atom stereocenters. The molecule has 0 radical (unpaired) electrons. The van der Waals surface area contributed by atoms with Gasteiger partial charge in [-0.3, -0.25) is 4.90 Å². The van der Waals surface area contributed by atoms with E-state index < -0.39 is 15.4 Å². The van der Waals surface area contributed by atoms with Crippen LogP contribution in [-0.2, 0) is 16.4 Å². The third-order valence-corrected chi connectivity index (χ3v) is 5.75. The van der Waals surface area contributed by atoms with Gasteiger partial charge >= 0.3 is 0 Å². The van der Waals surface area contributed by atoms with Crippen molar-refractivity contribution in [3.05, 3.63) is 48.3 Å². The van der Waals surface area contributed by atoms with Gasteiger partial charge in [0.15, 0.2) is 9.84 Å². The van der Waals surface area contributed by atoms with E-state index in [-0.39, 0.29) is 17.3 Å². The maximum absolute atomic E-state index is 13.3. The van der Waals surface area contributed by atoms with E-state index in [1.807, 2.05) is 13.0 Å². The van der Waals surface area contributed by atoms with E-state index in [0.29, 0.717) is 19.5 Å². The van der Waals surface area contributed by atoms with Crippen molar-refractivity contribution in [2.45, 2.75) is 25.4 Å². The summed E-state index contributed by atoms with van der Waals surface area (Å²) in [6.07, 6.45) is 2.37. The van der Waals surface area contributed by atoms with Gasteiger partial charge in [0.1, 0.15) is 5.82 Å². The minimum Gasteiger partial charge on any atom is -0.289 e. The lowest BCUT2D eigenvalue weighted by molar-refractivity contribution is 0.133. The Labute approximate surface area is 120 Å². The highest BCUT2D eigenvalue weighted by Gasteiger charge is 2.42. The molecule has 0 aliphatic carbocycles. The molecule has 0 spiro atoms. The number of sulfone groups is 1. The number of halogens is 1. The molecule has 0 bridgehead atoms. The van der Waals surface area contributed by atoms with Crippen molar-refractivity contribution in [3.8, 4) is 0 Å². The maximum Gasteiger partial charge on any atom is 0.152 e. The van der Waals surface area contributed by atoms with Gasteiger partial charge in [0, 0.05) is 18.6 Å². The molecule has 1 saturated heterocycles. The quantitative estimate of drug-likeness (QED) is 0.783. The van der Waals surface area contributed by atoms with Crippen molar-refractivity contribution in [2.75, 3.05) is 18.1 Å². The van der Waals surface area contributed by atoms with E-state index >= 15 is 0 Å². The average Bonchev–Trinajstić information content (AvgIpc) is 2.64. The van der Waals surface area contributed by atoms with Crippen LogP contribution in [-0.4, -0.2) is 36.9 Å². The van der Waals surface area contributed by atoms with Gasteiger partial charge in [0.2, 0.25) is 0 Å². The standard InChI is InChI=1S/C15H20FNO2S/c1-3-8-17(11-13-5-4-6-14(16)10-13)15(2)7-9-20(18,19)12-15/h3-6,10H,1,7-9,11-12H2,2H3/t15-/m1/s1. The molecular weight excluding hydrogens is 277 g/mol. The Hall–Kier alpha value is -1.20. The highest BCUT2D eigenvalue weighted by molar-refractivity contribution is 7.91.